The molecule has 0 amide bonds. The lowest BCUT2D eigenvalue weighted by atomic mass is 10.3. The number of ether oxygens (including phenoxy) is 1. The number of hydrogen-bond acceptors (Lipinski definition) is 4. The van der Waals surface area contributed by atoms with Crippen LogP contribution in [0.1, 0.15) is 6.42 Å². The minimum atomic E-state index is -3.87. The summed E-state index contributed by atoms with van der Waals surface area (Å²) in [6.07, 6.45) is 0.521. The van der Waals surface area contributed by atoms with Crippen molar-refractivity contribution in [2.24, 2.45) is 0 Å². The molecule has 1 aromatic rings. The zero-order valence-electron chi connectivity index (χ0n) is 9.57. The smallest absolute Gasteiger partial charge is 0.320 e. The van der Waals surface area contributed by atoms with Gasteiger partial charge in [-0.25, -0.2) is 8.42 Å². The van der Waals surface area contributed by atoms with Crippen LogP contribution in [0.25, 0.3) is 0 Å². The fraction of sp³-hybridized carbons (Fsp3) is 0.364. The summed E-state index contributed by atoms with van der Waals surface area (Å²) < 4.78 is 30.5. The van der Waals surface area contributed by atoms with Crippen LogP contribution in [0, 0.1) is 0 Å². The van der Waals surface area contributed by atoms with Crippen molar-refractivity contribution in [1.29, 1.82) is 0 Å². The Hall–Kier alpha value is -1.76. The second kappa shape index (κ2) is 4.85. The van der Waals surface area contributed by atoms with Gasteiger partial charge in [-0.1, -0.05) is 12.1 Å². The summed E-state index contributed by atoms with van der Waals surface area (Å²) in [5.74, 6) is -1.82. The van der Waals surface area contributed by atoms with E-state index in [-0.39, 0.29) is 6.54 Å². The van der Waals surface area contributed by atoms with Crippen LogP contribution in [0.3, 0.4) is 0 Å². The van der Waals surface area contributed by atoms with Crippen LogP contribution in [0.5, 0.6) is 5.75 Å². The van der Waals surface area contributed by atoms with Gasteiger partial charge in [0.1, 0.15) is 5.75 Å². The molecule has 0 spiro atoms. The van der Waals surface area contributed by atoms with E-state index in [9.17, 15) is 13.2 Å². The topological polar surface area (TPSA) is 83.9 Å². The van der Waals surface area contributed by atoms with Gasteiger partial charge in [-0.2, -0.15) is 0 Å². The van der Waals surface area contributed by atoms with Crippen LogP contribution >= 0.6 is 0 Å². The van der Waals surface area contributed by atoms with E-state index in [0.29, 0.717) is 24.5 Å². The molecule has 0 aliphatic carbocycles. The molecule has 0 fully saturated rings. The Kier molecular flexibility index (Phi) is 3.42. The average Bonchev–Trinajstić information content (AvgIpc) is 2.49. The zero-order valence-corrected chi connectivity index (χ0v) is 10.4. The Morgan fingerprint density at radius 1 is 1.39 bits per heavy atom. The number of hydrogen-bond donors (Lipinski definition) is 1. The fourth-order valence-corrected chi connectivity index (χ4v) is 3.14. The molecule has 18 heavy (non-hydrogen) atoms. The van der Waals surface area contributed by atoms with Crippen LogP contribution in [0.4, 0.5) is 5.69 Å². The van der Waals surface area contributed by atoms with E-state index in [1.165, 1.54) is 0 Å². The number of sulfonamides is 1. The summed E-state index contributed by atoms with van der Waals surface area (Å²) in [7, 11) is -3.87. The number of carbonyl (C=O) groups is 1. The summed E-state index contributed by atoms with van der Waals surface area (Å²) >= 11 is 0. The zero-order chi connectivity index (χ0) is 13.2. The molecule has 6 nitrogen and oxygen atoms in total. The number of nitrogens with zero attached hydrogens (tertiary/aromatic N) is 1. The van der Waals surface area contributed by atoms with E-state index in [1.807, 2.05) is 0 Å². The number of carboxylic acid groups (broad SMARTS) is 1. The van der Waals surface area contributed by atoms with Crippen molar-refractivity contribution in [1.82, 2.24) is 0 Å². The van der Waals surface area contributed by atoms with Gasteiger partial charge < -0.3 is 9.84 Å². The molecule has 7 heteroatoms. The summed E-state index contributed by atoms with van der Waals surface area (Å²) in [5.41, 5.74) is 0.399. The number of rotatable bonds is 3. The van der Waals surface area contributed by atoms with Gasteiger partial charge in [0.2, 0.25) is 10.0 Å². The van der Waals surface area contributed by atoms with Gasteiger partial charge in [0.15, 0.2) is 5.75 Å². The predicted molar refractivity (Wildman–Crippen MR) is 65.3 cm³/mol. The van der Waals surface area contributed by atoms with E-state index < -0.39 is 21.7 Å². The summed E-state index contributed by atoms with van der Waals surface area (Å²) in [6, 6.07) is 6.72. The molecule has 1 heterocycles. The van der Waals surface area contributed by atoms with E-state index in [1.54, 1.807) is 24.3 Å². The molecule has 0 saturated carbocycles. The lowest BCUT2D eigenvalue weighted by Gasteiger charge is -2.22. The first-order chi connectivity index (χ1) is 8.50. The normalized spacial score (nSPS) is 15.4. The molecular formula is C11H13NO5S. The summed E-state index contributed by atoms with van der Waals surface area (Å²) in [5, 5.41) is 8.66. The van der Waals surface area contributed by atoms with Crippen molar-refractivity contribution in [2.75, 3.05) is 23.2 Å². The van der Waals surface area contributed by atoms with Crippen molar-refractivity contribution >= 4 is 21.7 Å². The number of anilines is 1. The lowest BCUT2D eigenvalue weighted by Crippen LogP contribution is -2.36. The van der Waals surface area contributed by atoms with Crippen molar-refractivity contribution in [3.05, 3.63) is 24.3 Å². The molecule has 1 aliphatic rings. The Morgan fingerprint density at radius 3 is 2.83 bits per heavy atom. The molecule has 98 valence electrons. The molecule has 1 aromatic carbocycles. The first kappa shape index (κ1) is 12.7. The minimum Gasteiger partial charge on any atom is -0.491 e. The highest BCUT2D eigenvalue weighted by molar-refractivity contribution is 7.93. The Labute approximate surface area is 105 Å². The lowest BCUT2D eigenvalue weighted by molar-refractivity contribution is -0.134. The van der Waals surface area contributed by atoms with Gasteiger partial charge in [-0.15, -0.1) is 0 Å². The number of fused-ring (bicyclic) bond motifs is 1. The summed E-state index contributed by atoms with van der Waals surface area (Å²) in [4.78, 5) is 10.6. The Morgan fingerprint density at radius 2 is 2.11 bits per heavy atom. The van der Waals surface area contributed by atoms with Crippen molar-refractivity contribution < 1.29 is 23.1 Å². The monoisotopic (exact) mass is 271 g/mol. The number of benzene rings is 1. The minimum absolute atomic E-state index is 0.229. The first-order valence-corrected chi connectivity index (χ1v) is 7.06. The van der Waals surface area contributed by atoms with E-state index in [0.717, 1.165) is 4.31 Å². The van der Waals surface area contributed by atoms with E-state index >= 15 is 0 Å². The molecule has 0 aromatic heterocycles. The highest BCUT2D eigenvalue weighted by Gasteiger charge is 2.28. The van der Waals surface area contributed by atoms with Crippen LogP contribution in [0.2, 0.25) is 0 Å². The molecule has 1 N–H and O–H groups in total. The van der Waals surface area contributed by atoms with Gasteiger partial charge >= 0.3 is 5.97 Å². The van der Waals surface area contributed by atoms with Crippen molar-refractivity contribution in [3.63, 3.8) is 0 Å². The Bertz CT molecular complexity index is 554. The third-order valence-electron chi connectivity index (χ3n) is 2.54. The average molecular weight is 271 g/mol. The quantitative estimate of drug-likeness (QED) is 0.874. The van der Waals surface area contributed by atoms with Crippen LogP contribution in [0.15, 0.2) is 24.3 Å². The third-order valence-corrected chi connectivity index (χ3v) is 4.20. The van der Waals surface area contributed by atoms with Gasteiger partial charge in [-0.3, -0.25) is 9.10 Å². The highest BCUT2D eigenvalue weighted by atomic mass is 32.2. The standard InChI is InChI=1S/C11H13NO5S/c13-11(14)8-18(15,16)12-6-3-7-17-10-5-2-1-4-9(10)12/h1-2,4-5H,3,6-8H2,(H,13,14). The second-order valence-corrected chi connectivity index (χ2v) is 5.79. The molecule has 0 atom stereocenters. The largest absolute Gasteiger partial charge is 0.491 e. The molecule has 0 saturated heterocycles. The fourth-order valence-electron chi connectivity index (χ4n) is 1.82. The number of aliphatic carboxylic acids is 1. The molecule has 0 bridgehead atoms. The van der Waals surface area contributed by atoms with Crippen molar-refractivity contribution in [3.8, 4) is 5.75 Å². The highest BCUT2D eigenvalue weighted by Crippen LogP contribution is 2.32. The number of para-hydroxylation sites is 2. The summed E-state index contributed by atoms with van der Waals surface area (Å²) in [6.45, 7) is 0.642. The maximum Gasteiger partial charge on any atom is 0.320 e. The third kappa shape index (κ3) is 2.56. The van der Waals surface area contributed by atoms with Gasteiger partial charge in [0, 0.05) is 13.0 Å². The second-order valence-electron chi connectivity index (χ2n) is 3.89. The van der Waals surface area contributed by atoms with Gasteiger partial charge in [0.05, 0.1) is 12.3 Å². The predicted octanol–water partition coefficient (Wildman–Crippen LogP) is 0.690. The van der Waals surface area contributed by atoms with Gasteiger partial charge in [-0.05, 0) is 12.1 Å². The number of carboxylic acids is 1. The molecular weight excluding hydrogens is 258 g/mol. The maximum absolute atomic E-state index is 12.0. The van der Waals surface area contributed by atoms with E-state index in [2.05, 4.69) is 0 Å². The van der Waals surface area contributed by atoms with Crippen LogP contribution < -0.4 is 9.04 Å². The SMILES string of the molecule is O=C(O)CS(=O)(=O)N1CCCOc2ccccc21. The van der Waals surface area contributed by atoms with Crippen LogP contribution in [-0.4, -0.2) is 38.4 Å². The molecule has 1 aliphatic heterocycles. The van der Waals surface area contributed by atoms with Crippen LogP contribution in [-0.2, 0) is 14.8 Å². The van der Waals surface area contributed by atoms with Crippen molar-refractivity contribution in [2.45, 2.75) is 6.42 Å². The maximum atomic E-state index is 12.0. The molecule has 0 unspecified atom stereocenters. The Balaban J connectivity index is 2.42. The van der Waals surface area contributed by atoms with E-state index in [4.69, 9.17) is 9.84 Å². The molecule has 0 radical (unpaired) electrons. The first-order valence-electron chi connectivity index (χ1n) is 5.45. The molecule has 2 rings (SSSR count). The van der Waals surface area contributed by atoms with Gasteiger partial charge in [0.25, 0.3) is 0 Å².